The van der Waals surface area contributed by atoms with Crippen LogP contribution in [-0.4, -0.2) is 34.1 Å². The Morgan fingerprint density at radius 1 is 1.58 bits per heavy atom. The fourth-order valence-corrected chi connectivity index (χ4v) is 2.59. The Morgan fingerprint density at radius 2 is 2.47 bits per heavy atom. The maximum Gasteiger partial charge on any atom is 0.255 e. The average molecular weight is 258 g/mol. The van der Waals surface area contributed by atoms with E-state index in [0.717, 1.165) is 18.5 Å². The molecule has 3 heterocycles. The fourth-order valence-electron chi connectivity index (χ4n) is 2.59. The Kier molecular flexibility index (Phi) is 2.98. The molecule has 2 aromatic rings. The molecule has 0 saturated carbocycles. The first-order valence-corrected chi connectivity index (χ1v) is 6.64. The van der Waals surface area contributed by atoms with Crippen molar-refractivity contribution < 1.29 is 4.79 Å². The maximum atomic E-state index is 12.2. The van der Waals surface area contributed by atoms with E-state index in [1.54, 1.807) is 10.7 Å². The molecule has 1 amide bonds. The lowest BCUT2D eigenvalue weighted by Gasteiger charge is -2.24. The third-order valence-corrected chi connectivity index (χ3v) is 3.77. The van der Waals surface area contributed by atoms with Gasteiger partial charge in [0.15, 0.2) is 0 Å². The van der Waals surface area contributed by atoms with E-state index in [1.165, 1.54) is 6.42 Å². The summed E-state index contributed by atoms with van der Waals surface area (Å²) in [4.78, 5) is 12.2. The van der Waals surface area contributed by atoms with E-state index >= 15 is 0 Å². The van der Waals surface area contributed by atoms with Crippen molar-refractivity contribution in [3.8, 4) is 0 Å². The highest BCUT2D eigenvalue weighted by Crippen LogP contribution is 2.17. The van der Waals surface area contributed by atoms with E-state index in [-0.39, 0.29) is 11.4 Å². The number of hydrogen-bond acceptors (Lipinski definition) is 3. The number of carbonyl (C=O) groups excluding carboxylic acids is 1. The third kappa shape index (κ3) is 2.33. The molecule has 0 aliphatic carbocycles. The molecular formula is C14H18N4O. The quantitative estimate of drug-likeness (QED) is 0.870. The van der Waals surface area contributed by atoms with Crippen molar-refractivity contribution in [1.29, 1.82) is 0 Å². The second kappa shape index (κ2) is 4.66. The van der Waals surface area contributed by atoms with Crippen LogP contribution in [0.15, 0.2) is 30.6 Å². The smallest absolute Gasteiger partial charge is 0.255 e. The minimum atomic E-state index is -0.0591. The van der Waals surface area contributed by atoms with Crippen molar-refractivity contribution in [2.24, 2.45) is 0 Å². The number of hydrogen-bond donors (Lipinski definition) is 2. The minimum Gasteiger partial charge on any atom is -0.350 e. The molecule has 0 bridgehead atoms. The van der Waals surface area contributed by atoms with Crippen molar-refractivity contribution >= 4 is 11.4 Å². The van der Waals surface area contributed by atoms with E-state index in [0.29, 0.717) is 12.1 Å². The molecule has 1 aliphatic rings. The van der Waals surface area contributed by atoms with Gasteiger partial charge in [-0.3, -0.25) is 4.79 Å². The Bertz CT molecular complexity index is 598. The van der Waals surface area contributed by atoms with Crippen molar-refractivity contribution in [2.75, 3.05) is 13.1 Å². The van der Waals surface area contributed by atoms with Crippen LogP contribution in [0, 0.1) is 0 Å². The van der Waals surface area contributed by atoms with Crippen molar-refractivity contribution in [3.05, 3.63) is 36.2 Å². The van der Waals surface area contributed by atoms with E-state index in [1.807, 2.05) is 24.4 Å². The Morgan fingerprint density at radius 3 is 3.26 bits per heavy atom. The summed E-state index contributed by atoms with van der Waals surface area (Å²) < 4.78 is 1.71. The van der Waals surface area contributed by atoms with Gasteiger partial charge in [0.2, 0.25) is 0 Å². The van der Waals surface area contributed by atoms with Crippen LogP contribution in [0.5, 0.6) is 0 Å². The van der Waals surface area contributed by atoms with E-state index in [9.17, 15) is 4.79 Å². The standard InChI is InChI=1S/C14H18N4O/c1-14(6-4-7-16-14)10-15-13(19)11-9-17-18-8-3-2-5-12(11)18/h2-3,5,8-9,16H,4,6-7,10H2,1H3,(H,15,19). The predicted octanol–water partition coefficient (Wildman–Crippen LogP) is 1.21. The number of fused-ring (bicyclic) bond motifs is 1. The molecule has 1 fully saturated rings. The molecule has 5 heteroatoms. The lowest BCUT2D eigenvalue weighted by Crippen LogP contribution is -2.47. The molecule has 1 saturated heterocycles. The van der Waals surface area contributed by atoms with Gasteiger partial charge in [0.25, 0.3) is 5.91 Å². The van der Waals surface area contributed by atoms with Gasteiger partial charge in [-0.15, -0.1) is 0 Å². The normalized spacial score (nSPS) is 22.8. The first-order chi connectivity index (χ1) is 9.18. The van der Waals surface area contributed by atoms with E-state index in [2.05, 4.69) is 22.7 Å². The molecular weight excluding hydrogens is 240 g/mol. The number of nitrogens with one attached hydrogen (secondary N) is 2. The maximum absolute atomic E-state index is 12.2. The van der Waals surface area contributed by atoms with Gasteiger partial charge in [0.05, 0.1) is 17.3 Å². The molecule has 3 rings (SSSR count). The summed E-state index contributed by atoms with van der Waals surface area (Å²) in [7, 11) is 0. The van der Waals surface area contributed by atoms with Crippen LogP contribution in [0.1, 0.15) is 30.1 Å². The molecule has 2 N–H and O–H groups in total. The van der Waals surface area contributed by atoms with Crippen LogP contribution in [0.4, 0.5) is 0 Å². The highest BCUT2D eigenvalue weighted by Gasteiger charge is 2.28. The van der Waals surface area contributed by atoms with Crippen LogP contribution in [-0.2, 0) is 0 Å². The Labute approximate surface area is 112 Å². The zero-order valence-corrected chi connectivity index (χ0v) is 11.0. The highest BCUT2D eigenvalue weighted by atomic mass is 16.1. The fraction of sp³-hybridized carbons (Fsp3) is 0.429. The first kappa shape index (κ1) is 12.2. The number of rotatable bonds is 3. The molecule has 1 aliphatic heterocycles. The summed E-state index contributed by atoms with van der Waals surface area (Å²) in [6, 6.07) is 5.70. The van der Waals surface area contributed by atoms with Gasteiger partial charge >= 0.3 is 0 Å². The Hall–Kier alpha value is -1.88. The molecule has 0 spiro atoms. The molecule has 0 aromatic carbocycles. The topological polar surface area (TPSA) is 58.4 Å². The number of aromatic nitrogens is 2. The van der Waals surface area contributed by atoms with Crippen LogP contribution in [0.25, 0.3) is 5.52 Å². The summed E-state index contributed by atoms with van der Waals surface area (Å²) in [6.07, 6.45) is 5.73. The number of carbonyl (C=O) groups is 1. The van der Waals surface area contributed by atoms with Gasteiger partial charge < -0.3 is 10.6 Å². The van der Waals surface area contributed by atoms with Gasteiger partial charge in [-0.2, -0.15) is 5.10 Å². The summed E-state index contributed by atoms with van der Waals surface area (Å²) >= 11 is 0. The van der Waals surface area contributed by atoms with E-state index in [4.69, 9.17) is 0 Å². The predicted molar refractivity (Wildman–Crippen MR) is 73.2 cm³/mol. The van der Waals surface area contributed by atoms with Gasteiger partial charge in [0.1, 0.15) is 0 Å². The van der Waals surface area contributed by atoms with E-state index < -0.39 is 0 Å². The summed E-state index contributed by atoms with van der Waals surface area (Å²) in [6.45, 7) is 3.83. The van der Waals surface area contributed by atoms with Crippen LogP contribution >= 0.6 is 0 Å². The van der Waals surface area contributed by atoms with Gasteiger partial charge in [-0.25, -0.2) is 4.52 Å². The summed E-state index contributed by atoms with van der Waals surface area (Å²) in [5, 5.41) is 10.6. The van der Waals surface area contributed by atoms with Crippen molar-refractivity contribution in [1.82, 2.24) is 20.2 Å². The SMILES string of the molecule is CC1(CNC(=O)c2cnn3ccccc23)CCCN1. The molecule has 100 valence electrons. The van der Waals surface area contributed by atoms with Crippen molar-refractivity contribution in [2.45, 2.75) is 25.3 Å². The monoisotopic (exact) mass is 258 g/mol. The minimum absolute atomic E-state index is 0.0264. The lowest BCUT2D eigenvalue weighted by molar-refractivity contribution is 0.0944. The number of amides is 1. The number of pyridine rings is 1. The second-order valence-corrected chi connectivity index (χ2v) is 5.36. The zero-order chi connectivity index (χ0) is 13.3. The zero-order valence-electron chi connectivity index (χ0n) is 11.0. The first-order valence-electron chi connectivity index (χ1n) is 6.64. The lowest BCUT2D eigenvalue weighted by atomic mass is 10.0. The molecule has 2 aromatic heterocycles. The molecule has 0 radical (unpaired) electrons. The van der Waals surface area contributed by atoms with Crippen LogP contribution < -0.4 is 10.6 Å². The second-order valence-electron chi connectivity index (χ2n) is 5.36. The van der Waals surface area contributed by atoms with Crippen molar-refractivity contribution in [3.63, 3.8) is 0 Å². The molecule has 1 atom stereocenters. The largest absolute Gasteiger partial charge is 0.350 e. The van der Waals surface area contributed by atoms with Crippen LogP contribution in [0.2, 0.25) is 0 Å². The van der Waals surface area contributed by atoms with Gasteiger partial charge in [-0.05, 0) is 38.4 Å². The van der Waals surface area contributed by atoms with Crippen LogP contribution in [0.3, 0.4) is 0 Å². The molecule has 5 nitrogen and oxygen atoms in total. The summed E-state index contributed by atoms with van der Waals surface area (Å²) in [5.41, 5.74) is 1.49. The third-order valence-electron chi connectivity index (χ3n) is 3.77. The Balaban J connectivity index is 1.73. The average Bonchev–Trinajstić information content (AvgIpc) is 3.03. The number of nitrogens with zero attached hydrogens (tertiary/aromatic N) is 2. The highest BCUT2D eigenvalue weighted by molar-refractivity contribution is 6.00. The summed E-state index contributed by atoms with van der Waals surface area (Å²) in [5.74, 6) is -0.0591. The molecule has 19 heavy (non-hydrogen) atoms. The molecule has 1 unspecified atom stereocenters. The van der Waals surface area contributed by atoms with Gasteiger partial charge in [-0.1, -0.05) is 6.07 Å². The van der Waals surface area contributed by atoms with Gasteiger partial charge in [0, 0.05) is 18.3 Å².